The Morgan fingerprint density at radius 3 is 2.95 bits per heavy atom. The third kappa shape index (κ3) is 4.33. The van der Waals surface area contributed by atoms with Gasteiger partial charge in [-0.2, -0.15) is 0 Å². The second kappa shape index (κ2) is 6.68. The van der Waals surface area contributed by atoms with Crippen LogP contribution in [0, 0.1) is 5.82 Å². The number of carbonyl (C=O) groups excluding carboxylic acids is 1. The predicted molar refractivity (Wildman–Crippen MR) is 75.8 cm³/mol. The number of thiophene rings is 1. The summed E-state index contributed by atoms with van der Waals surface area (Å²) in [6.45, 7) is 0.257. The Kier molecular flexibility index (Phi) is 4.93. The molecule has 0 spiro atoms. The normalized spacial score (nSPS) is 10.2. The van der Waals surface area contributed by atoms with Gasteiger partial charge >= 0.3 is 0 Å². The van der Waals surface area contributed by atoms with Crippen molar-refractivity contribution >= 4 is 33.2 Å². The van der Waals surface area contributed by atoms with E-state index in [4.69, 9.17) is 4.74 Å². The van der Waals surface area contributed by atoms with Crippen LogP contribution in [0.4, 0.5) is 4.39 Å². The highest BCUT2D eigenvalue weighted by molar-refractivity contribution is 9.10. The SMILES string of the molecule is O=C(COc1ccc(Br)cc1F)NCc1cccs1. The molecule has 0 atom stereocenters. The molecular weight excluding hydrogens is 333 g/mol. The standard InChI is InChI=1S/C13H11BrFNO2S/c14-9-3-4-12(11(15)6-9)18-8-13(17)16-7-10-2-1-5-19-10/h1-6H,7-8H2,(H,16,17). The molecule has 0 fully saturated rings. The lowest BCUT2D eigenvalue weighted by Crippen LogP contribution is -2.28. The Morgan fingerprint density at radius 1 is 1.42 bits per heavy atom. The number of carbonyl (C=O) groups is 1. The Balaban J connectivity index is 1.80. The van der Waals surface area contributed by atoms with Gasteiger partial charge in [0.05, 0.1) is 6.54 Å². The number of amides is 1. The fourth-order valence-corrected chi connectivity index (χ4v) is 2.36. The highest BCUT2D eigenvalue weighted by Gasteiger charge is 2.07. The lowest BCUT2D eigenvalue weighted by Gasteiger charge is -2.07. The largest absolute Gasteiger partial charge is 0.481 e. The highest BCUT2D eigenvalue weighted by atomic mass is 79.9. The lowest BCUT2D eigenvalue weighted by atomic mass is 10.3. The monoisotopic (exact) mass is 343 g/mol. The summed E-state index contributed by atoms with van der Waals surface area (Å²) in [5.41, 5.74) is 0. The van der Waals surface area contributed by atoms with Crippen LogP contribution in [0.25, 0.3) is 0 Å². The fourth-order valence-electron chi connectivity index (χ4n) is 1.39. The smallest absolute Gasteiger partial charge is 0.258 e. The summed E-state index contributed by atoms with van der Waals surface area (Å²) >= 11 is 4.71. The van der Waals surface area contributed by atoms with Crippen molar-refractivity contribution in [1.82, 2.24) is 5.32 Å². The van der Waals surface area contributed by atoms with Gasteiger partial charge in [-0.05, 0) is 29.6 Å². The molecule has 0 aliphatic heterocycles. The molecule has 0 aliphatic carbocycles. The van der Waals surface area contributed by atoms with Crippen LogP contribution in [0.15, 0.2) is 40.2 Å². The van der Waals surface area contributed by atoms with Gasteiger partial charge in [0, 0.05) is 9.35 Å². The molecule has 1 aromatic heterocycles. The van der Waals surface area contributed by atoms with Crippen LogP contribution in [-0.2, 0) is 11.3 Å². The summed E-state index contributed by atoms with van der Waals surface area (Å²) in [5, 5.41) is 4.64. The molecule has 1 N–H and O–H groups in total. The van der Waals surface area contributed by atoms with E-state index in [1.54, 1.807) is 17.4 Å². The molecule has 2 rings (SSSR count). The zero-order valence-electron chi connectivity index (χ0n) is 9.86. The van der Waals surface area contributed by atoms with E-state index in [0.29, 0.717) is 11.0 Å². The quantitative estimate of drug-likeness (QED) is 0.904. The molecule has 0 saturated carbocycles. The first-order chi connectivity index (χ1) is 9.15. The fraction of sp³-hybridized carbons (Fsp3) is 0.154. The molecule has 1 aromatic carbocycles. The minimum atomic E-state index is -0.500. The van der Waals surface area contributed by atoms with Gasteiger partial charge in [0.1, 0.15) is 0 Å². The summed E-state index contributed by atoms with van der Waals surface area (Å²) in [7, 11) is 0. The molecule has 6 heteroatoms. The first kappa shape index (κ1) is 14.0. The zero-order valence-corrected chi connectivity index (χ0v) is 12.3. The second-order valence-corrected chi connectivity index (χ2v) is 5.67. The maximum Gasteiger partial charge on any atom is 0.258 e. The van der Waals surface area contributed by atoms with Crippen molar-refractivity contribution in [2.75, 3.05) is 6.61 Å². The molecule has 2 aromatic rings. The maximum atomic E-state index is 13.4. The summed E-state index contributed by atoms with van der Waals surface area (Å²) in [5.74, 6) is -0.717. The minimum absolute atomic E-state index is 0.0643. The van der Waals surface area contributed by atoms with Gasteiger partial charge in [-0.15, -0.1) is 11.3 Å². The molecule has 3 nitrogen and oxygen atoms in total. The maximum absolute atomic E-state index is 13.4. The Labute approximate surface area is 122 Å². The number of halogens is 2. The first-order valence-corrected chi connectivity index (χ1v) is 7.19. The third-order valence-electron chi connectivity index (χ3n) is 2.29. The van der Waals surface area contributed by atoms with Gasteiger partial charge in [0.25, 0.3) is 5.91 Å². The van der Waals surface area contributed by atoms with Gasteiger partial charge in [0.15, 0.2) is 18.2 Å². The number of benzene rings is 1. The summed E-state index contributed by atoms with van der Waals surface area (Å²) in [6.07, 6.45) is 0. The topological polar surface area (TPSA) is 38.3 Å². The molecule has 0 saturated heterocycles. The highest BCUT2D eigenvalue weighted by Crippen LogP contribution is 2.21. The number of hydrogen-bond acceptors (Lipinski definition) is 3. The predicted octanol–water partition coefficient (Wildman–Crippen LogP) is 3.34. The molecule has 1 amide bonds. The van der Waals surface area contributed by atoms with Crippen molar-refractivity contribution in [2.45, 2.75) is 6.54 Å². The number of nitrogens with one attached hydrogen (secondary N) is 1. The Hall–Kier alpha value is -1.40. The van der Waals surface area contributed by atoms with E-state index >= 15 is 0 Å². The van der Waals surface area contributed by atoms with Crippen molar-refractivity contribution in [3.05, 3.63) is 50.9 Å². The van der Waals surface area contributed by atoms with Crippen LogP contribution in [-0.4, -0.2) is 12.5 Å². The van der Waals surface area contributed by atoms with E-state index in [1.165, 1.54) is 12.1 Å². The average Bonchev–Trinajstić information content (AvgIpc) is 2.88. The van der Waals surface area contributed by atoms with Crippen LogP contribution in [0.3, 0.4) is 0 Å². The Morgan fingerprint density at radius 2 is 2.26 bits per heavy atom. The second-order valence-electron chi connectivity index (χ2n) is 3.72. The Bertz CT molecular complexity index is 560. The molecule has 19 heavy (non-hydrogen) atoms. The van der Waals surface area contributed by atoms with E-state index in [9.17, 15) is 9.18 Å². The lowest BCUT2D eigenvalue weighted by molar-refractivity contribution is -0.123. The zero-order chi connectivity index (χ0) is 13.7. The van der Waals surface area contributed by atoms with Crippen molar-refractivity contribution < 1.29 is 13.9 Å². The van der Waals surface area contributed by atoms with Crippen LogP contribution in [0.2, 0.25) is 0 Å². The van der Waals surface area contributed by atoms with Gasteiger partial charge in [-0.3, -0.25) is 4.79 Å². The average molecular weight is 344 g/mol. The van der Waals surface area contributed by atoms with Gasteiger partial charge < -0.3 is 10.1 Å². The van der Waals surface area contributed by atoms with Crippen molar-refractivity contribution in [3.63, 3.8) is 0 Å². The molecule has 0 radical (unpaired) electrons. The number of ether oxygens (including phenoxy) is 1. The van der Waals surface area contributed by atoms with Crippen LogP contribution in [0.1, 0.15) is 4.88 Å². The van der Waals surface area contributed by atoms with E-state index < -0.39 is 5.82 Å². The minimum Gasteiger partial charge on any atom is -0.481 e. The van der Waals surface area contributed by atoms with E-state index in [1.807, 2.05) is 17.5 Å². The third-order valence-corrected chi connectivity index (χ3v) is 3.66. The molecular formula is C13H11BrFNO2S. The molecule has 0 unspecified atom stereocenters. The van der Waals surface area contributed by atoms with Gasteiger partial charge in [-0.1, -0.05) is 22.0 Å². The summed E-state index contributed by atoms with van der Waals surface area (Å²) < 4.78 is 19.2. The van der Waals surface area contributed by atoms with Crippen molar-refractivity contribution in [1.29, 1.82) is 0 Å². The van der Waals surface area contributed by atoms with Crippen LogP contribution in [0.5, 0.6) is 5.75 Å². The molecule has 0 bridgehead atoms. The number of rotatable bonds is 5. The molecule has 100 valence electrons. The number of hydrogen-bond donors (Lipinski definition) is 1. The first-order valence-electron chi connectivity index (χ1n) is 5.52. The van der Waals surface area contributed by atoms with E-state index in [0.717, 1.165) is 4.88 Å². The van der Waals surface area contributed by atoms with Gasteiger partial charge in [0.2, 0.25) is 0 Å². The summed E-state index contributed by atoms with van der Waals surface area (Å²) in [6, 6.07) is 8.27. The van der Waals surface area contributed by atoms with E-state index in [2.05, 4.69) is 21.2 Å². The van der Waals surface area contributed by atoms with E-state index in [-0.39, 0.29) is 18.3 Å². The summed E-state index contributed by atoms with van der Waals surface area (Å²) in [4.78, 5) is 12.6. The van der Waals surface area contributed by atoms with Crippen molar-refractivity contribution in [2.24, 2.45) is 0 Å². The van der Waals surface area contributed by atoms with Gasteiger partial charge in [-0.25, -0.2) is 4.39 Å². The van der Waals surface area contributed by atoms with Crippen LogP contribution >= 0.6 is 27.3 Å². The molecule has 1 heterocycles. The van der Waals surface area contributed by atoms with Crippen LogP contribution < -0.4 is 10.1 Å². The molecule has 0 aliphatic rings. The van der Waals surface area contributed by atoms with Crippen molar-refractivity contribution in [3.8, 4) is 5.75 Å².